The average Bonchev–Trinajstić information content (AvgIpc) is 2.47. The van der Waals surface area contributed by atoms with E-state index in [1.807, 2.05) is 0 Å². The van der Waals surface area contributed by atoms with Crippen LogP contribution in [-0.2, 0) is 6.54 Å². The van der Waals surface area contributed by atoms with E-state index in [0.717, 1.165) is 32.2 Å². The molecule has 1 aromatic carbocycles. The van der Waals surface area contributed by atoms with Crippen LogP contribution in [0.4, 0.5) is 4.39 Å². The Labute approximate surface area is 120 Å². The first kappa shape index (κ1) is 15.0. The van der Waals surface area contributed by atoms with Crippen LogP contribution in [0, 0.1) is 17.1 Å². The van der Waals surface area contributed by atoms with E-state index in [9.17, 15) is 4.39 Å². The first-order valence-corrected chi connectivity index (χ1v) is 7.32. The molecule has 1 aliphatic rings. The molecule has 0 spiro atoms. The fraction of sp³-hybridized carbons (Fsp3) is 0.562. The summed E-state index contributed by atoms with van der Waals surface area (Å²) in [5.74, 6) is -0.227. The minimum absolute atomic E-state index is 0.227. The van der Waals surface area contributed by atoms with Gasteiger partial charge in [0.2, 0.25) is 0 Å². The molecule has 2 N–H and O–H groups in total. The van der Waals surface area contributed by atoms with Crippen molar-refractivity contribution in [3.63, 3.8) is 0 Å². The van der Waals surface area contributed by atoms with Gasteiger partial charge in [-0.25, -0.2) is 4.39 Å². The lowest BCUT2D eigenvalue weighted by Gasteiger charge is -2.35. The molecule has 1 fully saturated rings. The Kier molecular flexibility index (Phi) is 5.11. The zero-order valence-electron chi connectivity index (χ0n) is 12.0. The van der Waals surface area contributed by atoms with Gasteiger partial charge in [0.25, 0.3) is 0 Å². The van der Waals surface area contributed by atoms with E-state index < -0.39 is 0 Å². The minimum atomic E-state index is -0.227. The molecule has 1 aromatic rings. The third-order valence-electron chi connectivity index (χ3n) is 4.21. The Balaban J connectivity index is 2.08. The van der Waals surface area contributed by atoms with Gasteiger partial charge in [0.15, 0.2) is 0 Å². The van der Waals surface area contributed by atoms with Crippen LogP contribution in [-0.4, -0.2) is 23.5 Å². The molecule has 0 bridgehead atoms. The third kappa shape index (κ3) is 3.56. The van der Waals surface area contributed by atoms with Crippen LogP contribution < -0.4 is 5.73 Å². The largest absolute Gasteiger partial charge is 0.328 e. The van der Waals surface area contributed by atoms with Gasteiger partial charge >= 0.3 is 0 Å². The molecule has 2 rings (SSSR count). The van der Waals surface area contributed by atoms with Gasteiger partial charge in [-0.2, -0.15) is 5.26 Å². The summed E-state index contributed by atoms with van der Waals surface area (Å²) in [5.41, 5.74) is 7.07. The highest BCUT2D eigenvalue weighted by atomic mass is 19.1. The fourth-order valence-corrected chi connectivity index (χ4v) is 2.95. The van der Waals surface area contributed by atoms with Crippen LogP contribution in [0.25, 0.3) is 0 Å². The third-order valence-corrected chi connectivity index (χ3v) is 4.21. The van der Waals surface area contributed by atoms with Gasteiger partial charge in [-0.05, 0) is 50.4 Å². The zero-order chi connectivity index (χ0) is 14.5. The van der Waals surface area contributed by atoms with E-state index in [-0.39, 0.29) is 5.82 Å². The first-order chi connectivity index (χ1) is 9.63. The number of nitrogens with zero attached hydrogens (tertiary/aromatic N) is 2. The van der Waals surface area contributed by atoms with Crippen LogP contribution in [0.1, 0.15) is 43.7 Å². The molecule has 3 nitrogen and oxygen atoms in total. The van der Waals surface area contributed by atoms with Crippen molar-refractivity contribution in [2.24, 2.45) is 5.73 Å². The van der Waals surface area contributed by atoms with Crippen molar-refractivity contribution in [2.45, 2.75) is 51.2 Å². The highest BCUT2D eigenvalue weighted by Crippen LogP contribution is 2.24. The van der Waals surface area contributed by atoms with Gasteiger partial charge in [0.05, 0.1) is 11.6 Å². The van der Waals surface area contributed by atoms with Crippen LogP contribution in [0.15, 0.2) is 18.2 Å². The van der Waals surface area contributed by atoms with Crippen LogP contribution in [0.3, 0.4) is 0 Å². The Bertz CT molecular complexity index is 487. The lowest BCUT2D eigenvalue weighted by atomic mass is 9.90. The van der Waals surface area contributed by atoms with Gasteiger partial charge < -0.3 is 5.73 Å². The number of nitriles is 1. The summed E-state index contributed by atoms with van der Waals surface area (Å²) >= 11 is 0. The smallest absolute Gasteiger partial charge is 0.127 e. The van der Waals surface area contributed by atoms with E-state index in [1.165, 1.54) is 12.1 Å². The van der Waals surface area contributed by atoms with E-state index in [1.54, 1.807) is 6.07 Å². The van der Waals surface area contributed by atoms with Gasteiger partial charge in [0, 0.05) is 24.2 Å². The van der Waals surface area contributed by atoms with Crippen molar-refractivity contribution in [2.75, 3.05) is 6.54 Å². The molecule has 20 heavy (non-hydrogen) atoms. The van der Waals surface area contributed by atoms with Crippen molar-refractivity contribution in [1.29, 1.82) is 5.26 Å². The van der Waals surface area contributed by atoms with Gasteiger partial charge in [-0.1, -0.05) is 6.92 Å². The predicted molar refractivity (Wildman–Crippen MR) is 77.4 cm³/mol. The quantitative estimate of drug-likeness (QED) is 0.919. The van der Waals surface area contributed by atoms with Crippen molar-refractivity contribution in [3.8, 4) is 6.07 Å². The van der Waals surface area contributed by atoms with E-state index in [4.69, 9.17) is 11.0 Å². The van der Waals surface area contributed by atoms with Gasteiger partial charge in [-0.15, -0.1) is 0 Å². The SMILES string of the molecule is CCN(Cc1cc(C#N)ccc1F)C1CCC(N)CC1. The number of hydrogen-bond donors (Lipinski definition) is 1. The maximum Gasteiger partial charge on any atom is 0.127 e. The molecule has 0 saturated heterocycles. The van der Waals surface area contributed by atoms with E-state index in [2.05, 4.69) is 17.9 Å². The second kappa shape index (κ2) is 6.83. The average molecular weight is 275 g/mol. The van der Waals surface area contributed by atoms with Gasteiger partial charge in [0.1, 0.15) is 5.82 Å². The van der Waals surface area contributed by atoms with E-state index >= 15 is 0 Å². The second-order valence-electron chi connectivity index (χ2n) is 5.55. The van der Waals surface area contributed by atoms with E-state index in [0.29, 0.717) is 29.8 Å². The summed E-state index contributed by atoms with van der Waals surface area (Å²) in [6.45, 7) is 3.55. The molecule has 1 saturated carbocycles. The summed E-state index contributed by atoms with van der Waals surface area (Å²) in [6.07, 6.45) is 4.24. The summed E-state index contributed by atoms with van der Waals surface area (Å²) in [5, 5.41) is 8.92. The lowest BCUT2D eigenvalue weighted by molar-refractivity contribution is 0.148. The van der Waals surface area contributed by atoms with Gasteiger partial charge in [-0.3, -0.25) is 4.90 Å². The highest BCUT2D eigenvalue weighted by molar-refractivity contribution is 5.33. The van der Waals surface area contributed by atoms with Crippen molar-refractivity contribution < 1.29 is 4.39 Å². The summed E-state index contributed by atoms with van der Waals surface area (Å²) in [4.78, 5) is 2.30. The topological polar surface area (TPSA) is 53.0 Å². The second-order valence-corrected chi connectivity index (χ2v) is 5.55. The standard InChI is InChI=1S/C16H22FN3/c1-2-20(15-6-4-14(19)5-7-15)11-13-9-12(10-18)3-8-16(13)17/h3,8-9,14-15H,2,4-7,11,19H2,1H3. The molecule has 0 unspecified atom stereocenters. The number of halogens is 1. The molecule has 0 heterocycles. The minimum Gasteiger partial charge on any atom is -0.328 e. The number of nitrogens with two attached hydrogens (primary N) is 1. The Hall–Kier alpha value is -1.44. The molecule has 0 radical (unpaired) electrons. The summed E-state index contributed by atoms with van der Waals surface area (Å²) in [7, 11) is 0. The summed E-state index contributed by atoms with van der Waals surface area (Å²) in [6, 6.07) is 7.44. The lowest BCUT2D eigenvalue weighted by Crippen LogP contribution is -2.40. The monoisotopic (exact) mass is 275 g/mol. The predicted octanol–water partition coefficient (Wildman–Crippen LogP) is 2.79. The maximum absolute atomic E-state index is 13.9. The van der Waals surface area contributed by atoms with Crippen LogP contribution in [0.5, 0.6) is 0 Å². The molecule has 4 heteroatoms. The fourth-order valence-electron chi connectivity index (χ4n) is 2.95. The number of hydrogen-bond acceptors (Lipinski definition) is 3. The molecule has 0 aromatic heterocycles. The Morgan fingerprint density at radius 2 is 2.05 bits per heavy atom. The molecular formula is C16H22FN3. The normalized spacial score (nSPS) is 22.8. The van der Waals surface area contributed by atoms with Crippen molar-refractivity contribution >= 4 is 0 Å². The Morgan fingerprint density at radius 3 is 2.65 bits per heavy atom. The highest BCUT2D eigenvalue weighted by Gasteiger charge is 2.24. The molecule has 0 amide bonds. The Morgan fingerprint density at radius 1 is 1.35 bits per heavy atom. The molecule has 1 aliphatic carbocycles. The summed E-state index contributed by atoms with van der Waals surface area (Å²) < 4.78 is 13.9. The number of benzene rings is 1. The molecular weight excluding hydrogens is 253 g/mol. The molecule has 108 valence electrons. The molecule has 0 aliphatic heterocycles. The number of rotatable bonds is 4. The van der Waals surface area contributed by atoms with Crippen LogP contribution in [0.2, 0.25) is 0 Å². The zero-order valence-corrected chi connectivity index (χ0v) is 12.0. The first-order valence-electron chi connectivity index (χ1n) is 7.32. The molecule has 0 atom stereocenters. The van der Waals surface area contributed by atoms with Crippen molar-refractivity contribution in [1.82, 2.24) is 4.90 Å². The maximum atomic E-state index is 13.9. The van der Waals surface area contributed by atoms with Crippen molar-refractivity contribution in [3.05, 3.63) is 35.1 Å². The van der Waals surface area contributed by atoms with Crippen LogP contribution >= 0.6 is 0 Å².